The predicted octanol–water partition coefficient (Wildman–Crippen LogP) is 0.923. The summed E-state index contributed by atoms with van der Waals surface area (Å²) in [7, 11) is -1.80. The second-order valence-corrected chi connectivity index (χ2v) is 6.77. The lowest BCUT2D eigenvalue weighted by atomic mass is 10.3. The van der Waals surface area contributed by atoms with E-state index in [0.29, 0.717) is 4.47 Å². The maximum Gasteiger partial charge on any atom is 0.326 e. The van der Waals surface area contributed by atoms with E-state index in [4.69, 9.17) is 21.4 Å². The van der Waals surface area contributed by atoms with Crippen LogP contribution in [0.2, 0.25) is 5.02 Å². The van der Waals surface area contributed by atoms with Crippen molar-refractivity contribution in [2.45, 2.75) is 10.9 Å². The number of aliphatic hydroxyl groups is 1. The van der Waals surface area contributed by atoms with Crippen molar-refractivity contribution in [3.8, 4) is 5.75 Å². The number of methoxy groups -OCH3 is 2. The topological polar surface area (TPSA) is 102 Å². The molecule has 0 aliphatic rings. The van der Waals surface area contributed by atoms with E-state index in [0.717, 1.165) is 7.11 Å². The fourth-order valence-electron chi connectivity index (χ4n) is 1.49. The molecule has 0 amide bonds. The number of hydrogen-bond donors (Lipinski definition) is 2. The molecule has 0 heterocycles. The summed E-state index contributed by atoms with van der Waals surface area (Å²) in [4.78, 5) is 11.1. The smallest absolute Gasteiger partial charge is 0.326 e. The molecule has 21 heavy (non-hydrogen) atoms. The number of carbonyl (C=O) groups excluding carboxylic acids is 1. The Balaban J connectivity index is 3.28. The van der Waals surface area contributed by atoms with Gasteiger partial charge in [0, 0.05) is 5.02 Å². The number of aliphatic hydroxyl groups excluding tert-OH is 1. The van der Waals surface area contributed by atoms with Crippen LogP contribution in [-0.4, -0.2) is 46.4 Å². The van der Waals surface area contributed by atoms with Gasteiger partial charge in [-0.3, -0.25) is 4.79 Å². The molecule has 2 N–H and O–H groups in total. The van der Waals surface area contributed by atoms with Gasteiger partial charge in [-0.15, -0.1) is 0 Å². The molecule has 10 heteroatoms. The SMILES string of the molecule is COC(=O)C(CO)NS(=O)(=O)c1cc(Cl)cc(Br)c1OC. The Morgan fingerprint density at radius 2 is 2.10 bits per heavy atom. The summed E-state index contributed by atoms with van der Waals surface area (Å²) < 4.78 is 36.4. The Kier molecular flexibility index (Phi) is 6.41. The molecule has 1 aromatic rings. The van der Waals surface area contributed by atoms with Crippen LogP contribution in [0.3, 0.4) is 0 Å². The van der Waals surface area contributed by atoms with Crippen LogP contribution in [0, 0.1) is 0 Å². The van der Waals surface area contributed by atoms with Gasteiger partial charge in [-0.05, 0) is 28.1 Å². The molecule has 1 rings (SSSR count). The van der Waals surface area contributed by atoms with E-state index >= 15 is 0 Å². The molecule has 0 spiro atoms. The largest absolute Gasteiger partial charge is 0.494 e. The molecule has 1 aromatic carbocycles. The maximum absolute atomic E-state index is 12.3. The van der Waals surface area contributed by atoms with Crippen molar-refractivity contribution in [2.75, 3.05) is 20.8 Å². The van der Waals surface area contributed by atoms with Gasteiger partial charge in [0.25, 0.3) is 0 Å². The van der Waals surface area contributed by atoms with Crippen LogP contribution in [0.4, 0.5) is 0 Å². The second-order valence-electron chi connectivity index (χ2n) is 3.80. The molecule has 0 radical (unpaired) electrons. The van der Waals surface area contributed by atoms with Gasteiger partial charge < -0.3 is 14.6 Å². The van der Waals surface area contributed by atoms with Crippen molar-refractivity contribution in [3.05, 3.63) is 21.6 Å². The van der Waals surface area contributed by atoms with E-state index in [1.807, 2.05) is 4.72 Å². The van der Waals surface area contributed by atoms with Crippen molar-refractivity contribution in [1.29, 1.82) is 0 Å². The first-order chi connectivity index (χ1) is 9.76. The van der Waals surface area contributed by atoms with Gasteiger partial charge in [-0.25, -0.2) is 8.42 Å². The molecule has 0 fully saturated rings. The number of esters is 1. The Hall–Kier alpha value is -0.870. The lowest BCUT2D eigenvalue weighted by molar-refractivity contribution is -0.143. The third-order valence-electron chi connectivity index (χ3n) is 2.43. The molecule has 1 atom stereocenters. The Morgan fingerprint density at radius 1 is 1.48 bits per heavy atom. The van der Waals surface area contributed by atoms with E-state index in [1.54, 1.807) is 0 Å². The fourth-order valence-corrected chi connectivity index (χ4v) is 4.05. The highest BCUT2D eigenvalue weighted by atomic mass is 79.9. The third-order valence-corrected chi connectivity index (χ3v) is 4.72. The Labute approximate surface area is 135 Å². The predicted molar refractivity (Wildman–Crippen MR) is 78.9 cm³/mol. The number of benzene rings is 1. The normalized spacial score (nSPS) is 12.8. The summed E-state index contributed by atoms with van der Waals surface area (Å²) >= 11 is 8.96. The molecule has 0 saturated carbocycles. The van der Waals surface area contributed by atoms with Crippen molar-refractivity contribution >= 4 is 43.5 Å². The van der Waals surface area contributed by atoms with Crippen molar-refractivity contribution in [3.63, 3.8) is 0 Å². The first-order valence-corrected chi connectivity index (χ1v) is 8.16. The highest BCUT2D eigenvalue weighted by molar-refractivity contribution is 9.10. The summed E-state index contributed by atoms with van der Waals surface area (Å²) in [6.07, 6.45) is 0. The van der Waals surface area contributed by atoms with Crippen molar-refractivity contribution in [2.24, 2.45) is 0 Å². The average Bonchev–Trinajstić information content (AvgIpc) is 2.43. The first kappa shape index (κ1) is 18.2. The van der Waals surface area contributed by atoms with Gasteiger partial charge in [0.2, 0.25) is 10.0 Å². The summed E-state index contributed by atoms with van der Waals surface area (Å²) in [6, 6.07) is 1.20. The van der Waals surface area contributed by atoms with Crippen LogP contribution in [0.25, 0.3) is 0 Å². The number of rotatable bonds is 6. The van der Waals surface area contributed by atoms with Crippen LogP contribution in [0.15, 0.2) is 21.5 Å². The van der Waals surface area contributed by atoms with E-state index in [9.17, 15) is 13.2 Å². The number of halogens is 2. The van der Waals surface area contributed by atoms with Crippen LogP contribution >= 0.6 is 27.5 Å². The number of sulfonamides is 1. The van der Waals surface area contributed by atoms with Gasteiger partial charge >= 0.3 is 5.97 Å². The summed E-state index contributed by atoms with van der Waals surface area (Å²) in [5.74, 6) is -0.894. The van der Waals surface area contributed by atoms with E-state index in [1.165, 1.54) is 19.2 Å². The van der Waals surface area contributed by atoms with Gasteiger partial charge in [0.15, 0.2) is 5.75 Å². The zero-order valence-electron chi connectivity index (χ0n) is 11.1. The lowest BCUT2D eigenvalue weighted by Crippen LogP contribution is -2.44. The van der Waals surface area contributed by atoms with Crippen molar-refractivity contribution in [1.82, 2.24) is 4.72 Å². The van der Waals surface area contributed by atoms with E-state index in [2.05, 4.69) is 20.7 Å². The average molecular weight is 403 g/mol. The fraction of sp³-hybridized carbons (Fsp3) is 0.364. The van der Waals surface area contributed by atoms with Crippen LogP contribution in [0.5, 0.6) is 5.75 Å². The molecule has 0 saturated heterocycles. The highest BCUT2D eigenvalue weighted by Crippen LogP contribution is 2.35. The molecule has 0 aliphatic carbocycles. The number of ether oxygens (including phenoxy) is 2. The Morgan fingerprint density at radius 3 is 2.57 bits per heavy atom. The molecule has 0 aliphatic heterocycles. The lowest BCUT2D eigenvalue weighted by Gasteiger charge is -2.16. The van der Waals surface area contributed by atoms with Crippen LogP contribution < -0.4 is 9.46 Å². The van der Waals surface area contributed by atoms with Gasteiger partial charge in [-0.1, -0.05) is 11.6 Å². The molecule has 7 nitrogen and oxygen atoms in total. The standard InChI is InChI=1S/C11H13BrClNO6S/c1-19-10-7(12)3-6(13)4-9(10)21(17,18)14-8(5-15)11(16)20-2/h3-4,8,14-15H,5H2,1-2H3. The van der Waals surface area contributed by atoms with Gasteiger partial charge in [0.05, 0.1) is 25.3 Å². The minimum atomic E-state index is -4.16. The summed E-state index contributed by atoms with van der Waals surface area (Å²) in [5.41, 5.74) is 0. The highest BCUT2D eigenvalue weighted by Gasteiger charge is 2.29. The second kappa shape index (κ2) is 7.41. The minimum absolute atomic E-state index is 0.0217. The quantitative estimate of drug-likeness (QED) is 0.686. The molecule has 1 unspecified atom stereocenters. The van der Waals surface area contributed by atoms with Gasteiger partial charge in [0.1, 0.15) is 10.9 Å². The molecular weight excluding hydrogens is 390 g/mol. The number of hydrogen-bond acceptors (Lipinski definition) is 6. The van der Waals surface area contributed by atoms with Gasteiger partial charge in [-0.2, -0.15) is 4.72 Å². The van der Waals surface area contributed by atoms with Crippen molar-refractivity contribution < 1.29 is 27.8 Å². The molecular formula is C11H13BrClNO6S. The monoisotopic (exact) mass is 401 g/mol. The third kappa shape index (κ3) is 4.30. The van der Waals surface area contributed by atoms with Crippen LogP contribution in [0.1, 0.15) is 0 Å². The summed E-state index contributed by atoms with van der Waals surface area (Å²) in [5, 5.41) is 9.23. The molecule has 0 bridgehead atoms. The first-order valence-electron chi connectivity index (χ1n) is 5.50. The Bertz CT molecular complexity index is 636. The zero-order chi connectivity index (χ0) is 16.2. The minimum Gasteiger partial charge on any atom is -0.494 e. The number of nitrogens with one attached hydrogen (secondary N) is 1. The van der Waals surface area contributed by atoms with Crippen LogP contribution in [-0.2, 0) is 19.6 Å². The maximum atomic E-state index is 12.3. The zero-order valence-corrected chi connectivity index (χ0v) is 14.3. The molecule has 118 valence electrons. The summed E-state index contributed by atoms with van der Waals surface area (Å²) in [6.45, 7) is -0.754. The number of carbonyl (C=O) groups is 1. The van der Waals surface area contributed by atoms with E-state index in [-0.39, 0.29) is 15.7 Å². The van der Waals surface area contributed by atoms with E-state index < -0.39 is 28.6 Å². The molecule has 0 aromatic heterocycles.